The van der Waals surface area contributed by atoms with E-state index in [-0.39, 0.29) is 10.8 Å². The third-order valence-corrected chi connectivity index (χ3v) is 7.19. The molecule has 0 aromatic heterocycles. The Morgan fingerprint density at radius 1 is 0.885 bits per heavy atom. The fourth-order valence-corrected chi connectivity index (χ4v) is 5.17. The molecule has 2 fully saturated rings. The van der Waals surface area contributed by atoms with Gasteiger partial charge in [0, 0.05) is 38.3 Å². The number of sulfonamides is 1. The Kier molecular flexibility index (Phi) is 6.32. The van der Waals surface area contributed by atoms with Gasteiger partial charge in [-0.2, -0.15) is 4.31 Å². The highest BCUT2D eigenvalue weighted by atomic mass is 32.2. The summed E-state index contributed by atoms with van der Waals surface area (Å²) in [5.74, 6) is -0.0560. The van der Waals surface area contributed by atoms with Crippen molar-refractivity contribution >= 4 is 15.9 Å². The average Bonchev–Trinajstić information content (AvgIpc) is 3.04. The molecule has 0 spiro atoms. The topological polar surface area (TPSA) is 60.9 Å². The molecule has 6 nitrogen and oxygen atoms in total. The summed E-state index contributed by atoms with van der Waals surface area (Å²) in [7, 11) is -1.56. The highest BCUT2D eigenvalue weighted by molar-refractivity contribution is 7.89. The predicted molar refractivity (Wildman–Crippen MR) is 102 cm³/mol. The highest BCUT2D eigenvalue weighted by Gasteiger charge is 2.27. The lowest BCUT2D eigenvalue weighted by molar-refractivity contribution is 0.0761. The maximum atomic E-state index is 13.0. The molecule has 1 aromatic rings. The molecule has 26 heavy (non-hydrogen) atoms. The monoisotopic (exact) mass is 379 g/mol. The first-order valence-electron chi connectivity index (χ1n) is 9.56. The van der Waals surface area contributed by atoms with Gasteiger partial charge in [0.1, 0.15) is 0 Å². The van der Waals surface area contributed by atoms with Gasteiger partial charge >= 0.3 is 0 Å². The minimum atomic E-state index is -3.57. The summed E-state index contributed by atoms with van der Waals surface area (Å²) in [4.78, 5) is 17.0. The van der Waals surface area contributed by atoms with Crippen molar-refractivity contribution in [2.45, 2.75) is 37.0 Å². The lowest BCUT2D eigenvalue weighted by atomic mass is 10.2. The molecule has 0 bridgehead atoms. The maximum Gasteiger partial charge on any atom is 0.253 e. The van der Waals surface area contributed by atoms with Crippen molar-refractivity contribution < 1.29 is 13.2 Å². The van der Waals surface area contributed by atoms with Crippen LogP contribution in [-0.2, 0) is 10.0 Å². The molecule has 2 saturated heterocycles. The van der Waals surface area contributed by atoms with E-state index in [4.69, 9.17) is 0 Å². The number of likely N-dealkylation sites (N-methyl/N-ethyl adjacent to an activating group) is 1. The number of hydrogen-bond donors (Lipinski definition) is 0. The minimum Gasteiger partial charge on any atom is -0.339 e. The van der Waals surface area contributed by atoms with Crippen molar-refractivity contribution in [1.29, 1.82) is 0 Å². The van der Waals surface area contributed by atoms with Crippen molar-refractivity contribution in [1.82, 2.24) is 14.1 Å². The smallest absolute Gasteiger partial charge is 0.253 e. The highest BCUT2D eigenvalue weighted by Crippen LogP contribution is 2.20. The zero-order chi connectivity index (χ0) is 18.6. The van der Waals surface area contributed by atoms with Gasteiger partial charge in [0.2, 0.25) is 10.0 Å². The number of carbonyl (C=O) groups is 1. The normalized spacial score (nSPS) is 21.2. The van der Waals surface area contributed by atoms with Crippen LogP contribution in [0.15, 0.2) is 29.2 Å². The molecule has 0 atom stereocenters. The van der Waals surface area contributed by atoms with Gasteiger partial charge in [0.05, 0.1) is 4.90 Å². The third kappa shape index (κ3) is 4.45. The van der Waals surface area contributed by atoms with E-state index in [9.17, 15) is 13.2 Å². The minimum absolute atomic E-state index is 0.0560. The first-order chi connectivity index (χ1) is 12.5. The molecule has 3 rings (SSSR count). The Morgan fingerprint density at radius 3 is 2.35 bits per heavy atom. The molecule has 1 amide bonds. The fraction of sp³-hybridized carbons (Fsp3) is 0.632. The Hall–Kier alpha value is -1.44. The zero-order valence-electron chi connectivity index (χ0n) is 15.6. The molecule has 0 saturated carbocycles. The Morgan fingerprint density at radius 2 is 1.62 bits per heavy atom. The van der Waals surface area contributed by atoms with Gasteiger partial charge in [-0.1, -0.05) is 18.9 Å². The summed E-state index contributed by atoms with van der Waals surface area (Å²) in [6.07, 6.45) is 5.17. The number of rotatable bonds is 3. The van der Waals surface area contributed by atoms with Crippen LogP contribution in [0.1, 0.15) is 42.5 Å². The summed E-state index contributed by atoms with van der Waals surface area (Å²) in [6, 6.07) is 6.56. The van der Waals surface area contributed by atoms with E-state index >= 15 is 0 Å². The average molecular weight is 380 g/mol. The number of amides is 1. The van der Waals surface area contributed by atoms with Crippen molar-refractivity contribution in [2.75, 3.05) is 46.3 Å². The third-order valence-electron chi connectivity index (χ3n) is 5.29. The van der Waals surface area contributed by atoms with Crippen LogP contribution in [0.2, 0.25) is 0 Å². The molecule has 2 aliphatic rings. The van der Waals surface area contributed by atoms with Crippen molar-refractivity contribution in [2.24, 2.45) is 0 Å². The second kappa shape index (κ2) is 8.50. The van der Waals surface area contributed by atoms with Gasteiger partial charge in [0.25, 0.3) is 5.91 Å². The molecular weight excluding hydrogens is 350 g/mol. The lowest BCUT2D eigenvalue weighted by Crippen LogP contribution is -2.35. The quantitative estimate of drug-likeness (QED) is 0.806. The fourth-order valence-electron chi connectivity index (χ4n) is 3.66. The van der Waals surface area contributed by atoms with E-state index in [0.717, 1.165) is 58.3 Å². The molecule has 144 valence electrons. The van der Waals surface area contributed by atoms with Crippen LogP contribution in [-0.4, -0.2) is 74.7 Å². The Bertz CT molecular complexity index is 727. The predicted octanol–water partition coefficient (Wildman–Crippen LogP) is 2.03. The summed E-state index contributed by atoms with van der Waals surface area (Å²) in [6.45, 7) is 4.16. The summed E-state index contributed by atoms with van der Waals surface area (Å²) < 4.78 is 27.6. The molecule has 2 heterocycles. The lowest BCUT2D eigenvalue weighted by Gasteiger charge is -2.22. The molecule has 1 aromatic carbocycles. The first kappa shape index (κ1) is 19.3. The molecule has 0 aliphatic carbocycles. The maximum absolute atomic E-state index is 13.0. The summed E-state index contributed by atoms with van der Waals surface area (Å²) >= 11 is 0. The van der Waals surface area contributed by atoms with Crippen LogP contribution in [0.3, 0.4) is 0 Å². The first-order valence-corrected chi connectivity index (χ1v) is 11.0. The van der Waals surface area contributed by atoms with Crippen LogP contribution in [0, 0.1) is 0 Å². The molecule has 0 N–H and O–H groups in total. The van der Waals surface area contributed by atoms with Crippen molar-refractivity contribution in [3.8, 4) is 0 Å². The van der Waals surface area contributed by atoms with E-state index < -0.39 is 10.0 Å². The SMILES string of the molecule is CN1CCCN(S(=O)(=O)c2cccc(C(=O)N3CCCCCC3)c2)CC1. The van der Waals surface area contributed by atoms with Crippen molar-refractivity contribution in [3.63, 3.8) is 0 Å². The Balaban J connectivity index is 1.80. The largest absolute Gasteiger partial charge is 0.339 e. The summed E-state index contributed by atoms with van der Waals surface area (Å²) in [5, 5.41) is 0. The second-order valence-corrected chi connectivity index (χ2v) is 9.23. The molecule has 7 heteroatoms. The standard InChI is InChI=1S/C19H29N3O3S/c1-20-10-7-13-22(15-14-20)26(24,25)18-9-6-8-17(16-18)19(23)21-11-4-2-3-5-12-21/h6,8-9,16H,2-5,7,10-15H2,1H3. The van der Waals surface area contributed by atoms with Gasteiger partial charge in [-0.15, -0.1) is 0 Å². The zero-order valence-corrected chi connectivity index (χ0v) is 16.4. The number of likely N-dealkylation sites (tertiary alicyclic amines) is 1. The molecule has 0 unspecified atom stereocenters. The van der Waals surface area contributed by atoms with Gasteiger partial charge in [0.15, 0.2) is 0 Å². The van der Waals surface area contributed by atoms with Crippen LogP contribution < -0.4 is 0 Å². The van der Waals surface area contributed by atoms with Gasteiger partial charge in [-0.25, -0.2) is 8.42 Å². The Labute approximate surface area is 156 Å². The number of benzene rings is 1. The molecule has 2 aliphatic heterocycles. The van der Waals surface area contributed by atoms with Gasteiger partial charge in [-0.3, -0.25) is 4.79 Å². The number of nitrogens with zero attached hydrogens (tertiary/aromatic N) is 3. The van der Waals surface area contributed by atoms with E-state index in [2.05, 4.69) is 4.90 Å². The van der Waals surface area contributed by atoms with Crippen LogP contribution in [0.5, 0.6) is 0 Å². The summed E-state index contributed by atoms with van der Waals surface area (Å²) in [5.41, 5.74) is 0.472. The van der Waals surface area contributed by atoms with Crippen LogP contribution in [0.4, 0.5) is 0 Å². The van der Waals surface area contributed by atoms with Crippen LogP contribution >= 0.6 is 0 Å². The number of carbonyl (C=O) groups excluding carboxylic acids is 1. The number of hydrogen-bond acceptors (Lipinski definition) is 4. The second-order valence-electron chi connectivity index (χ2n) is 7.30. The molecular formula is C19H29N3O3S. The van der Waals surface area contributed by atoms with E-state index in [1.807, 2.05) is 11.9 Å². The van der Waals surface area contributed by atoms with E-state index in [0.29, 0.717) is 18.7 Å². The van der Waals surface area contributed by atoms with Gasteiger partial charge < -0.3 is 9.80 Å². The van der Waals surface area contributed by atoms with Crippen molar-refractivity contribution in [3.05, 3.63) is 29.8 Å². The van der Waals surface area contributed by atoms with Crippen LogP contribution in [0.25, 0.3) is 0 Å². The van der Waals surface area contributed by atoms with Gasteiger partial charge in [-0.05, 0) is 51.1 Å². The van der Waals surface area contributed by atoms with E-state index in [1.54, 1.807) is 28.6 Å². The molecule has 0 radical (unpaired) electrons. The van der Waals surface area contributed by atoms with E-state index in [1.165, 1.54) is 0 Å².